The highest BCUT2D eigenvalue weighted by Crippen LogP contribution is 2.22. The van der Waals surface area contributed by atoms with Gasteiger partial charge in [0.25, 0.3) is 11.9 Å². The van der Waals surface area contributed by atoms with E-state index in [4.69, 9.17) is 0 Å². The number of nitrogens with zero attached hydrogens (tertiary/aromatic N) is 4. The Bertz CT molecular complexity index is 501. The summed E-state index contributed by atoms with van der Waals surface area (Å²) in [6, 6.07) is 0. The molecule has 6 nitrogen and oxygen atoms in total. The van der Waals surface area contributed by atoms with Gasteiger partial charge in [-0.05, 0) is 0 Å². The number of aromatic amines is 1. The maximum atomic E-state index is 13.1. The Balaban J connectivity index is 2.26. The van der Waals surface area contributed by atoms with Crippen LogP contribution in [0.3, 0.4) is 0 Å². The van der Waals surface area contributed by atoms with E-state index in [0.717, 1.165) is 0 Å². The predicted molar refractivity (Wildman–Crippen MR) is 45.6 cm³/mol. The van der Waals surface area contributed by atoms with Gasteiger partial charge in [0.15, 0.2) is 5.82 Å². The number of anilines is 1. The fourth-order valence-corrected chi connectivity index (χ4v) is 1.07. The molecular weight excluding hydrogens is 244 g/mol. The van der Waals surface area contributed by atoms with E-state index in [9.17, 15) is 17.6 Å². The van der Waals surface area contributed by atoms with Crippen LogP contribution in [-0.4, -0.2) is 25.6 Å². The molecule has 0 aliphatic heterocycles. The summed E-state index contributed by atoms with van der Waals surface area (Å²) in [4.78, 5) is 2.41. The SMILES string of the molecule is Fc1nc(F)c(F)c(NCc2nn[nH]n2)c1F. The third-order valence-corrected chi connectivity index (χ3v) is 1.81. The standard InChI is InChI=1S/C7H4F4N6/c8-3-5(4(9)7(11)13-6(3)10)12-1-2-14-16-17-15-2/h1H2,(H,12,13)(H,14,15,16,17). The topological polar surface area (TPSA) is 79.4 Å². The van der Waals surface area contributed by atoms with Crippen molar-refractivity contribution < 1.29 is 17.6 Å². The Morgan fingerprint density at radius 1 is 1.06 bits per heavy atom. The van der Waals surface area contributed by atoms with Gasteiger partial charge in [-0.15, -0.1) is 10.2 Å². The second-order valence-corrected chi connectivity index (χ2v) is 2.88. The zero-order valence-electron chi connectivity index (χ0n) is 8.01. The molecule has 0 spiro atoms. The largest absolute Gasteiger partial charge is 0.373 e. The molecule has 0 aliphatic carbocycles. The molecule has 10 heteroatoms. The van der Waals surface area contributed by atoms with Gasteiger partial charge in [0.2, 0.25) is 11.6 Å². The lowest BCUT2D eigenvalue weighted by Gasteiger charge is -2.06. The first-order chi connectivity index (χ1) is 8.09. The first-order valence-corrected chi connectivity index (χ1v) is 4.25. The highest BCUT2D eigenvalue weighted by molar-refractivity contribution is 5.45. The van der Waals surface area contributed by atoms with Crippen molar-refractivity contribution in [3.63, 3.8) is 0 Å². The molecule has 0 saturated heterocycles. The molecule has 17 heavy (non-hydrogen) atoms. The van der Waals surface area contributed by atoms with Crippen molar-refractivity contribution in [2.75, 3.05) is 5.32 Å². The molecule has 2 rings (SSSR count). The summed E-state index contributed by atoms with van der Waals surface area (Å²) >= 11 is 0. The van der Waals surface area contributed by atoms with Gasteiger partial charge in [-0.1, -0.05) is 5.21 Å². The summed E-state index contributed by atoms with van der Waals surface area (Å²) in [5, 5.41) is 14.4. The molecule has 0 radical (unpaired) electrons. The van der Waals surface area contributed by atoms with Crippen LogP contribution in [0.1, 0.15) is 5.82 Å². The number of tetrazole rings is 1. The third-order valence-electron chi connectivity index (χ3n) is 1.81. The molecule has 0 amide bonds. The Hall–Kier alpha value is -2.26. The number of halogens is 4. The molecule has 0 fully saturated rings. The highest BCUT2D eigenvalue weighted by atomic mass is 19.2. The summed E-state index contributed by atoms with van der Waals surface area (Å²) in [5.41, 5.74) is -0.972. The predicted octanol–water partition coefficient (Wildman–Crippen LogP) is 0.763. The first kappa shape index (κ1) is 11.2. The molecule has 0 bridgehead atoms. The number of hydrogen-bond acceptors (Lipinski definition) is 5. The van der Waals surface area contributed by atoms with Gasteiger partial charge < -0.3 is 5.32 Å². The summed E-state index contributed by atoms with van der Waals surface area (Å²) in [5.74, 6) is -6.64. The fourth-order valence-electron chi connectivity index (χ4n) is 1.07. The lowest BCUT2D eigenvalue weighted by molar-refractivity contribution is 0.410. The minimum atomic E-state index is -1.74. The Labute approximate surface area is 91.1 Å². The molecule has 2 aromatic heterocycles. The number of nitrogens with one attached hydrogen (secondary N) is 2. The molecule has 0 unspecified atom stereocenters. The molecule has 0 atom stereocenters. The van der Waals surface area contributed by atoms with E-state index in [1.165, 1.54) is 0 Å². The smallest absolute Gasteiger partial charge is 0.253 e. The second kappa shape index (κ2) is 4.31. The van der Waals surface area contributed by atoms with Crippen molar-refractivity contribution >= 4 is 5.69 Å². The molecule has 2 N–H and O–H groups in total. The maximum Gasteiger partial charge on any atom is 0.253 e. The van der Waals surface area contributed by atoms with Gasteiger partial charge in [-0.3, -0.25) is 0 Å². The van der Waals surface area contributed by atoms with E-state index in [1.807, 2.05) is 0 Å². The van der Waals surface area contributed by atoms with E-state index in [1.54, 1.807) is 0 Å². The van der Waals surface area contributed by atoms with E-state index in [-0.39, 0.29) is 12.4 Å². The zero-order valence-corrected chi connectivity index (χ0v) is 8.01. The zero-order chi connectivity index (χ0) is 12.4. The highest BCUT2D eigenvalue weighted by Gasteiger charge is 2.20. The van der Waals surface area contributed by atoms with E-state index >= 15 is 0 Å². The third kappa shape index (κ3) is 2.14. The van der Waals surface area contributed by atoms with E-state index in [2.05, 4.69) is 30.9 Å². The molecule has 90 valence electrons. The van der Waals surface area contributed by atoms with Crippen LogP contribution in [0.2, 0.25) is 0 Å². The van der Waals surface area contributed by atoms with Crippen LogP contribution in [0.4, 0.5) is 23.2 Å². The molecule has 2 heterocycles. The quantitative estimate of drug-likeness (QED) is 0.619. The maximum absolute atomic E-state index is 13.1. The van der Waals surface area contributed by atoms with Gasteiger partial charge in [-0.25, -0.2) is 0 Å². The number of hydrogen-bond donors (Lipinski definition) is 2. The Morgan fingerprint density at radius 3 is 2.24 bits per heavy atom. The van der Waals surface area contributed by atoms with Crippen molar-refractivity contribution in [3.8, 4) is 0 Å². The van der Waals surface area contributed by atoms with Crippen LogP contribution in [-0.2, 0) is 6.54 Å². The van der Waals surface area contributed by atoms with Crippen LogP contribution in [0.5, 0.6) is 0 Å². The van der Waals surface area contributed by atoms with Crippen LogP contribution < -0.4 is 5.32 Å². The van der Waals surface area contributed by atoms with Crippen molar-refractivity contribution in [2.45, 2.75) is 6.54 Å². The molecule has 0 aliphatic rings. The normalized spacial score (nSPS) is 10.6. The van der Waals surface area contributed by atoms with Crippen LogP contribution in [0.15, 0.2) is 0 Å². The molecular formula is C7H4F4N6. The van der Waals surface area contributed by atoms with E-state index in [0.29, 0.717) is 0 Å². The summed E-state index contributed by atoms with van der Waals surface area (Å²) < 4.78 is 51.6. The van der Waals surface area contributed by atoms with Gasteiger partial charge in [0, 0.05) is 0 Å². The summed E-state index contributed by atoms with van der Waals surface area (Å²) in [6.45, 7) is -0.257. The van der Waals surface area contributed by atoms with Gasteiger partial charge in [-0.2, -0.15) is 27.8 Å². The number of rotatable bonds is 3. The number of aromatic nitrogens is 5. The van der Waals surface area contributed by atoms with Crippen molar-refractivity contribution in [2.24, 2.45) is 0 Å². The summed E-state index contributed by atoms with van der Waals surface area (Å²) in [7, 11) is 0. The van der Waals surface area contributed by atoms with Crippen LogP contribution >= 0.6 is 0 Å². The average Bonchev–Trinajstić information content (AvgIpc) is 2.79. The fraction of sp³-hybridized carbons (Fsp3) is 0.143. The molecule has 0 aromatic carbocycles. The number of H-pyrrole nitrogens is 1. The second-order valence-electron chi connectivity index (χ2n) is 2.88. The lowest BCUT2D eigenvalue weighted by Crippen LogP contribution is -2.10. The van der Waals surface area contributed by atoms with Crippen LogP contribution in [0.25, 0.3) is 0 Å². The molecule has 2 aromatic rings. The molecule has 0 saturated carbocycles. The first-order valence-electron chi connectivity index (χ1n) is 4.25. The Kier molecular flexibility index (Phi) is 2.85. The monoisotopic (exact) mass is 248 g/mol. The van der Waals surface area contributed by atoms with E-state index < -0.39 is 29.2 Å². The number of pyridine rings is 1. The Morgan fingerprint density at radius 2 is 1.71 bits per heavy atom. The summed E-state index contributed by atoms with van der Waals surface area (Å²) in [6.07, 6.45) is 0. The minimum Gasteiger partial charge on any atom is -0.373 e. The lowest BCUT2D eigenvalue weighted by atomic mass is 10.3. The van der Waals surface area contributed by atoms with Crippen molar-refractivity contribution in [1.29, 1.82) is 0 Å². The van der Waals surface area contributed by atoms with Crippen molar-refractivity contribution in [3.05, 3.63) is 29.4 Å². The van der Waals surface area contributed by atoms with Gasteiger partial charge in [0.1, 0.15) is 5.69 Å². The average molecular weight is 248 g/mol. The van der Waals surface area contributed by atoms with Crippen molar-refractivity contribution in [1.82, 2.24) is 25.6 Å². The van der Waals surface area contributed by atoms with Crippen LogP contribution in [0, 0.1) is 23.5 Å². The minimum absolute atomic E-state index is 0.0708. The van der Waals surface area contributed by atoms with Gasteiger partial charge >= 0.3 is 0 Å². The van der Waals surface area contributed by atoms with Gasteiger partial charge in [0.05, 0.1) is 6.54 Å².